The minimum atomic E-state index is -1.45. The van der Waals surface area contributed by atoms with Crippen molar-refractivity contribution in [1.82, 2.24) is 34.7 Å². The Bertz CT molecular complexity index is 2870. The number of benzene rings is 4. The molecule has 17 nitrogen and oxygen atoms in total. The standard InChI is InChI=1S/C26H29ClN4O4.C16H23ClN2O2.C10H8N2O3.CH4/c1-30-22-8-4-16(12-18(22)14-28-30)25(33)26(34)29-21(15-31-10-2-3-11-31)24(32)17-5-9-23(20(27)13-17)35-19-6-7-19;17-13-9-11(3-6-15(13)21-12-4-5-12)16(20)14(18)10-19-7-1-2-8-19;1-12-8-3-2-6(9(13)10(14)15)4-7(8)5-11-12;/h4-5,8-9,12-14,19,21,24,32H,2-3,6-7,10-11,15H2,1H3,(H,29,34);3,6,9,12,14,16,20H,1-2,4-5,7-8,10,18H2;2-5H,1H3,(H,14,15);1H4/t21-,24-;14-,16-;;/m11../s1. The summed E-state index contributed by atoms with van der Waals surface area (Å²) in [6, 6.07) is 19.4. The number of nitrogens with zero attached hydrogens (tertiary/aromatic N) is 6. The average Bonchev–Trinajstić information content (AvgIpc) is 4.12. The number of carbonyl (C=O) groups is 4. The number of ketones is 2. The molecule has 4 heterocycles. The molecule has 1 amide bonds. The number of aliphatic hydroxyl groups excluding tert-OH is 2. The predicted molar refractivity (Wildman–Crippen MR) is 276 cm³/mol. The second-order valence-electron chi connectivity index (χ2n) is 18.7. The summed E-state index contributed by atoms with van der Waals surface area (Å²) in [7, 11) is 3.60. The van der Waals surface area contributed by atoms with E-state index in [4.69, 9.17) is 43.5 Å². The van der Waals surface area contributed by atoms with E-state index in [0.717, 1.165) is 98.6 Å². The number of nitrogens with two attached hydrogens (primary N) is 1. The number of aliphatic hydroxyl groups is 2. The van der Waals surface area contributed by atoms with Crippen LogP contribution in [0.1, 0.15) is 103 Å². The van der Waals surface area contributed by atoms with E-state index in [9.17, 15) is 29.4 Å². The highest BCUT2D eigenvalue weighted by Crippen LogP contribution is 2.36. The highest BCUT2D eigenvalue weighted by molar-refractivity contribution is 6.43. The Kier molecular flexibility index (Phi) is 18.1. The van der Waals surface area contributed by atoms with Crippen LogP contribution in [0.3, 0.4) is 0 Å². The molecular formula is C53H64Cl2N8O9. The number of hydrogen-bond acceptors (Lipinski definition) is 13. The monoisotopic (exact) mass is 1030 g/mol. The summed E-state index contributed by atoms with van der Waals surface area (Å²) < 4.78 is 14.9. The third kappa shape index (κ3) is 13.8. The number of aryl methyl sites for hydroxylation is 2. The van der Waals surface area contributed by atoms with Crippen molar-refractivity contribution in [2.24, 2.45) is 19.8 Å². The molecule has 384 valence electrons. The van der Waals surface area contributed by atoms with Gasteiger partial charge in [-0.15, -0.1) is 0 Å². The number of aliphatic carboxylic acids is 1. The van der Waals surface area contributed by atoms with Crippen LogP contribution in [0.4, 0.5) is 0 Å². The number of amides is 1. The van der Waals surface area contributed by atoms with Crippen LogP contribution in [0.2, 0.25) is 10.0 Å². The van der Waals surface area contributed by atoms with Crippen molar-refractivity contribution < 1.29 is 44.0 Å². The number of hydrogen-bond donors (Lipinski definition) is 5. The average molecular weight is 1030 g/mol. The number of ether oxygens (including phenoxy) is 2. The van der Waals surface area contributed by atoms with Crippen LogP contribution in [0, 0.1) is 0 Å². The molecule has 4 aliphatic rings. The molecular weight excluding hydrogens is 964 g/mol. The second kappa shape index (κ2) is 24.2. The van der Waals surface area contributed by atoms with Crippen LogP contribution in [0.25, 0.3) is 21.8 Å². The van der Waals surface area contributed by atoms with Gasteiger partial charge in [-0.25, -0.2) is 4.79 Å². The van der Waals surface area contributed by atoms with E-state index in [1.54, 1.807) is 77.3 Å². The fourth-order valence-corrected chi connectivity index (χ4v) is 9.20. The van der Waals surface area contributed by atoms with Gasteiger partial charge in [-0.05, 0) is 149 Å². The topological polar surface area (TPSA) is 228 Å². The van der Waals surface area contributed by atoms with Crippen molar-refractivity contribution >= 4 is 68.5 Å². The van der Waals surface area contributed by atoms with Crippen LogP contribution in [0.15, 0.2) is 85.2 Å². The number of carboxylic acids is 1. The highest BCUT2D eigenvalue weighted by atomic mass is 35.5. The number of carbonyl (C=O) groups excluding carboxylic acids is 3. The number of rotatable bonds is 17. The predicted octanol–water partition coefficient (Wildman–Crippen LogP) is 7.08. The largest absolute Gasteiger partial charge is 0.489 e. The van der Waals surface area contributed by atoms with Gasteiger partial charge in [-0.3, -0.25) is 23.7 Å². The van der Waals surface area contributed by atoms with E-state index in [-0.39, 0.29) is 30.7 Å². The Morgan fingerprint density at radius 1 is 0.667 bits per heavy atom. The number of nitrogens with one attached hydrogen (secondary N) is 1. The quantitative estimate of drug-likeness (QED) is 0.0455. The fraction of sp³-hybridized carbons (Fsp3) is 0.434. The first-order valence-corrected chi connectivity index (χ1v) is 24.8. The maximum atomic E-state index is 13.0. The Labute approximate surface area is 428 Å². The van der Waals surface area contributed by atoms with Crippen LogP contribution >= 0.6 is 23.2 Å². The Morgan fingerprint density at radius 3 is 1.56 bits per heavy atom. The molecule has 72 heavy (non-hydrogen) atoms. The molecule has 6 N–H and O–H groups in total. The molecule has 6 aromatic rings. The molecule has 4 aromatic carbocycles. The van der Waals surface area contributed by atoms with Gasteiger partial charge in [0, 0.05) is 55.1 Å². The van der Waals surface area contributed by atoms with E-state index in [0.29, 0.717) is 39.8 Å². The Morgan fingerprint density at radius 2 is 1.11 bits per heavy atom. The van der Waals surface area contributed by atoms with Gasteiger partial charge in [-0.2, -0.15) is 10.2 Å². The lowest BCUT2D eigenvalue weighted by Gasteiger charge is -2.28. The Hall–Kier alpha value is -5.92. The molecule has 0 bridgehead atoms. The van der Waals surface area contributed by atoms with Crippen molar-refractivity contribution in [2.45, 2.75) is 95.3 Å². The van der Waals surface area contributed by atoms with Crippen LogP contribution in [0.5, 0.6) is 11.5 Å². The number of halogens is 2. The first-order valence-electron chi connectivity index (χ1n) is 24.1. The zero-order valence-corrected chi connectivity index (χ0v) is 41.3. The normalized spacial score (nSPS) is 17.4. The van der Waals surface area contributed by atoms with E-state index in [1.807, 2.05) is 19.2 Å². The van der Waals surface area contributed by atoms with Gasteiger partial charge >= 0.3 is 5.97 Å². The molecule has 10 rings (SSSR count). The van der Waals surface area contributed by atoms with E-state index >= 15 is 0 Å². The van der Waals surface area contributed by atoms with Gasteiger partial charge in [0.05, 0.1) is 57.8 Å². The molecule has 0 unspecified atom stereocenters. The molecule has 2 aromatic heterocycles. The molecule has 4 atom stereocenters. The maximum absolute atomic E-state index is 13.0. The maximum Gasteiger partial charge on any atom is 0.377 e. The number of carboxylic acid groups (broad SMARTS) is 1. The summed E-state index contributed by atoms with van der Waals surface area (Å²) in [4.78, 5) is 52.1. The number of Topliss-reactive ketones (excluding diaryl/α,β-unsaturated/α-hetero) is 2. The lowest BCUT2D eigenvalue weighted by molar-refractivity contribution is -0.131. The SMILES string of the molecule is C.Cn1ncc2cc(C(=O)C(=O)N[C@H](CN3CCCC3)[C@H](O)c3ccc(OC4CC4)c(Cl)c3)ccc21.Cn1ncc2cc(C(=O)C(=O)O)ccc21.N[C@H](CN1CCCC1)[C@H](O)c1ccc(OC2CC2)c(Cl)c1. The van der Waals surface area contributed by atoms with Crippen molar-refractivity contribution in [1.29, 1.82) is 0 Å². The van der Waals surface area contributed by atoms with Crippen LogP contribution < -0.4 is 20.5 Å². The van der Waals surface area contributed by atoms with Crippen molar-refractivity contribution in [2.75, 3.05) is 39.3 Å². The van der Waals surface area contributed by atoms with Gasteiger partial charge in [0.1, 0.15) is 17.6 Å². The summed E-state index contributed by atoms with van der Waals surface area (Å²) in [5, 5.41) is 43.7. The summed E-state index contributed by atoms with van der Waals surface area (Å²) in [6.07, 6.45) is 10.9. The van der Waals surface area contributed by atoms with Crippen molar-refractivity contribution in [3.05, 3.63) is 117 Å². The van der Waals surface area contributed by atoms with Gasteiger partial charge in [-0.1, -0.05) is 42.8 Å². The first-order chi connectivity index (χ1) is 34.1. The minimum Gasteiger partial charge on any atom is -0.489 e. The zero-order chi connectivity index (χ0) is 50.3. The summed E-state index contributed by atoms with van der Waals surface area (Å²) in [5.41, 5.74) is 9.64. The molecule has 2 aliphatic carbocycles. The van der Waals surface area contributed by atoms with Crippen LogP contribution in [-0.4, -0.2) is 132 Å². The fourth-order valence-electron chi connectivity index (χ4n) is 8.73. The molecule has 0 radical (unpaired) electrons. The van der Waals surface area contributed by atoms with Crippen molar-refractivity contribution in [3.63, 3.8) is 0 Å². The van der Waals surface area contributed by atoms with Crippen LogP contribution in [-0.2, 0) is 23.7 Å². The molecule has 2 aliphatic heterocycles. The van der Waals surface area contributed by atoms with E-state index < -0.39 is 41.7 Å². The first kappa shape index (κ1) is 53.9. The Balaban J connectivity index is 0.000000174. The molecule has 4 fully saturated rings. The molecule has 2 saturated carbocycles. The van der Waals surface area contributed by atoms with Gasteiger partial charge in [0.15, 0.2) is 0 Å². The summed E-state index contributed by atoms with van der Waals surface area (Å²) in [6.45, 7) is 5.09. The molecule has 2 saturated heterocycles. The van der Waals surface area contributed by atoms with E-state index in [1.165, 1.54) is 25.0 Å². The second-order valence-corrected chi connectivity index (χ2v) is 19.5. The highest BCUT2D eigenvalue weighted by Gasteiger charge is 2.31. The number of likely N-dealkylation sites (tertiary alicyclic amines) is 2. The van der Waals surface area contributed by atoms with Gasteiger partial charge in [0.2, 0.25) is 5.78 Å². The minimum absolute atomic E-state index is 0. The third-order valence-corrected chi connectivity index (χ3v) is 13.7. The number of aromatic nitrogens is 4. The van der Waals surface area contributed by atoms with Gasteiger partial charge in [0.25, 0.3) is 11.7 Å². The smallest absolute Gasteiger partial charge is 0.377 e. The molecule has 19 heteroatoms. The lowest BCUT2D eigenvalue weighted by atomic mass is 10.0. The van der Waals surface area contributed by atoms with E-state index in [2.05, 4.69) is 25.3 Å². The third-order valence-electron chi connectivity index (χ3n) is 13.1. The summed E-state index contributed by atoms with van der Waals surface area (Å²) >= 11 is 12.6. The van der Waals surface area contributed by atoms with Gasteiger partial charge < -0.3 is 45.6 Å². The molecule has 0 spiro atoms. The zero-order valence-electron chi connectivity index (χ0n) is 39.8. The number of fused-ring (bicyclic) bond motifs is 2. The summed E-state index contributed by atoms with van der Waals surface area (Å²) in [5.74, 6) is -2.47. The van der Waals surface area contributed by atoms with Crippen molar-refractivity contribution in [3.8, 4) is 11.5 Å². The lowest BCUT2D eigenvalue weighted by Crippen LogP contribution is -2.48.